The molecule has 2 aromatic heterocycles. The Hall–Kier alpha value is -1.45. The average Bonchev–Trinajstić information content (AvgIpc) is 2.67. The molecule has 0 amide bonds. The Bertz CT molecular complexity index is 552. The molecule has 0 spiro atoms. The fourth-order valence-corrected chi connectivity index (χ4v) is 2.22. The van der Waals surface area contributed by atoms with E-state index in [1.165, 1.54) is 0 Å². The average molecular weight is 246 g/mol. The van der Waals surface area contributed by atoms with Gasteiger partial charge >= 0.3 is 0 Å². The first-order chi connectivity index (χ1) is 8.43. The summed E-state index contributed by atoms with van der Waals surface area (Å²) in [4.78, 5) is 8.90. The Morgan fingerprint density at radius 2 is 1.50 bits per heavy atom. The molecule has 0 aromatic carbocycles. The maximum Gasteiger partial charge on any atom is 0.161 e. The van der Waals surface area contributed by atoms with E-state index in [0.717, 1.165) is 22.4 Å². The maximum atomic E-state index is 4.75. The first kappa shape index (κ1) is 13.0. The van der Waals surface area contributed by atoms with Crippen molar-refractivity contribution in [2.24, 2.45) is 0 Å². The van der Waals surface area contributed by atoms with Gasteiger partial charge < -0.3 is 0 Å². The van der Waals surface area contributed by atoms with E-state index >= 15 is 0 Å². The minimum atomic E-state index is 0.315. The second-order valence-corrected chi connectivity index (χ2v) is 5.69. The lowest BCUT2D eigenvalue weighted by atomic mass is 10.0. The van der Waals surface area contributed by atoms with Crippen LogP contribution in [0.15, 0.2) is 6.33 Å². The number of fused-ring (bicyclic) bond motifs is 1. The molecular weight excluding hydrogens is 224 g/mol. The molecule has 18 heavy (non-hydrogen) atoms. The monoisotopic (exact) mass is 246 g/mol. The molecule has 98 valence electrons. The number of rotatable bonds is 3. The molecular formula is C14H22N4. The first-order valence-corrected chi connectivity index (χ1v) is 6.66. The van der Waals surface area contributed by atoms with Crippen LogP contribution in [0.3, 0.4) is 0 Å². The summed E-state index contributed by atoms with van der Waals surface area (Å²) in [6.07, 6.45) is 1.66. The van der Waals surface area contributed by atoms with Crippen LogP contribution in [-0.2, 0) is 0 Å². The highest BCUT2D eigenvalue weighted by molar-refractivity contribution is 5.82. The molecule has 0 atom stereocenters. The van der Waals surface area contributed by atoms with Gasteiger partial charge in [-0.25, -0.2) is 14.6 Å². The second kappa shape index (κ2) is 4.67. The van der Waals surface area contributed by atoms with Gasteiger partial charge in [0.2, 0.25) is 0 Å². The summed E-state index contributed by atoms with van der Waals surface area (Å²) in [5.74, 6) is 0.772. The third-order valence-corrected chi connectivity index (χ3v) is 3.13. The summed E-state index contributed by atoms with van der Waals surface area (Å²) < 4.78 is 2.01. The van der Waals surface area contributed by atoms with Gasteiger partial charge in [-0.1, -0.05) is 27.7 Å². The molecule has 2 heterocycles. The number of nitrogens with zero attached hydrogens (tertiary/aromatic N) is 4. The van der Waals surface area contributed by atoms with Crippen LogP contribution in [0.1, 0.15) is 70.8 Å². The summed E-state index contributed by atoms with van der Waals surface area (Å²) >= 11 is 0. The Labute approximate surface area is 108 Å². The summed E-state index contributed by atoms with van der Waals surface area (Å²) in [5.41, 5.74) is 3.19. The Morgan fingerprint density at radius 3 is 2.00 bits per heavy atom. The van der Waals surface area contributed by atoms with Crippen LogP contribution in [0, 0.1) is 0 Å². The molecule has 0 unspecified atom stereocenters. The maximum absolute atomic E-state index is 4.75. The zero-order valence-electron chi connectivity index (χ0n) is 12.1. The van der Waals surface area contributed by atoms with Crippen LogP contribution < -0.4 is 0 Å². The fourth-order valence-electron chi connectivity index (χ4n) is 2.22. The first-order valence-electron chi connectivity index (χ1n) is 6.66. The highest BCUT2D eigenvalue weighted by Crippen LogP contribution is 2.30. The highest BCUT2D eigenvalue weighted by Gasteiger charge is 2.20. The highest BCUT2D eigenvalue weighted by atomic mass is 15.3. The molecule has 4 nitrogen and oxygen atoms in total. The zero-order valence-corrected chi connectivity index (χ0v) is 12.1. The number of aromatic nitrogens is 4. The van der Waals surface area contributed by atoms with Gasteiger partial charge in [0.1, 0.15) is 6.33 Å². The quantitative estimate of drug-likeness (QED) is 0.830. The normalized spacial score (nSPS) is 12.3. The van der Waals surface area contributed by atoms with Crippen molar-refractivity contribution in [3.05, 3.63) is 17.7 Å². The molecule has 4 heteroatoms. The van der Waals surface area contributed by atoms with Crippen LogP contribution in [0.25, 0.3) is 11.0 Å². The van der Waals surface area contributed by atoms with Gasteiger partial charge in [0.25, 0.3) is 0 Å². The number of hydrogen-bond acceptors (Lipinski definition) is 3. The molecule has 0 saturated carbocycles. The van der Waals surface area contributed by atoms with Crippen molar-refractivity contribution in [2.45, 2.75) is 59.4 Å². The molecule has 0 fully saturated rings. The van der Waals surface area contributed by atoms with E-state index < -0.39 is 0 Å². The third-order valence-electron chi connectivity index (χ3n) is 3.13. The lowest BCUT2D eigenvalue weighted by Crippen LogP contribution is -2.04. The topological polar surface area (TPSA) is 43.6 Å². The van der Waals surface area contributed by atoms with Crippen LogP contribution in [0.4, 0.5) is 0 Å². The lowest BCUT2D eigenvalue weighted by Gasteiger charge is -2.08. The molecule has 0 aliphatic carbocycles. The summed E-state index contributed by atoms with van der Waals surface area (Å²) in [7, 11) is 0. The molecule has 2 aromatic rings. The summed E-state index contributed by atoms with van der Waals surface area (Å²) in [6, 6.07) is 0.315. The second-order valence-electron chi connectivity index (χ2n) is 5.69. The van der Waals surface area contributed by atoms with Crippen molar-refractivity contribution in [3.8, 4) is 0 Å². The van der Waals surface area contributed by atoms with Crippen LogP contribution in [0.2, 0.25) is 0 Å². The smallest absolute Gasteiger partial charge is 0.161 e. The van der Waals surface area contributed by atoms with Crippen molar-refractivity contribution in [2.75, 3.05) is 0 Å². The van der Waals surface area contributed by atoms with Crippen LogP contribution >= 0.6 is 0 Å². The van der Waals surface area contributed by atoms with Gasteiger partial charge in [0.15, 0.2) is 5.65 Å². The van der Waals surface area contributed by atoms with Gasteiger partial charge in [0, 0.05) is 6.04 Å². The zero-order chi connectivity index (χ0) is 13.4. The third kappa shape index (κ3) is 2.00. The van der Waals surface area contributed by atoms with E-state index in [0.29, 0.717) is 17.9 Å². The van der Waals surface area contributed by atoms with Crippen LogP contribution in [0.5, 0.6) is 0 Å². The predicted molar refractivity (Wildman–Crippen MR) is 73.9 cm³/mol. The standard InChI is InChI=1S/C14H22N4/c1-8(2)12-11-13(9(3)4)17-18(10(5)6)14(11)16-7-15-12/h7-10H,1-6H3. The van der Waals surface area contributed by atoms with Crippen molar-refractivity contribution in [1.82, 2.24) is 19.7 Å². The Kier molecular flexibility index (Phi) is 3.37. The molecule has 0 saturated heterocycles. The van der Waals surface area contributed by atoms with Gasteiger partial charge in [-0.05, 0) is 25.7 Å². The minimum Gasteiger partial charge on any atom is -0.244 e. The minimum absolute atomic E-state index is 0.315. The Balaban J connectivity index is 2.83. The van der Waals surface area contributed by atoms with E-state index in [2.05, 4.69) is 51.5 Å². The summed E-state index contributed by atoms with van der Waals surface area (Å²) in [5, 5.41) is 5.89. The Morgan fingerprint density at radius 1 is 0.889 bits per heavy atom. The van der Waals surface area contributed by atoms with Gasteiger partial charge in [0.05, 0.1) is 16.8 Å². The molecule has 0 aliphatic heterocycles. The fraction of sp³-hybridized carbons (Fsp3) is 0.643. The molecule has 0 N–H and O–H groups in total. The number of hydrogen-bond donors (Lipinski definition) is 0. The van der Waals surface area contributed by atoms with Crippen LogP contribution in [-0.4, -0.2) is 19.7 Å². The van der Waals surface area contributed by atoms with E-state index in [9.17, 15) is 0 Å². The molecule has 0 bridgehead atoms. The van der Waals surface area contributed by atoms with Crippen molar-refractivity contribution >= 4 is 11.0 Å². The molecule has 2 rings (SSSR count). The summed E-state index contributed by atoms with van der Waals surface area (Å²) in [6.45, 7) is 12.9. The van der Waals surface area contributed by atoms with Crippen molar-refractivity contribution in [1.29, 1.82) is 0 Å². The van der Waals surface area contributed by atoms with E-state index in [4.69, 9.17) is 5.10 Å². The van der Waals surface area contributed by atoms with Gasteiger partial charge in [-0.2, -0.15) is 5.10 Å². The van der Waals surface area contributed by atoms with Gasteiger partial charge in [-0.15, -0.1) is 0 Å². The van der Waals surface area contributed by atoms with Crippen molar-refractivity contribution < 1.29 is 0 Å². The van der Waals surface area contributed by atoms with E-state index in [1.807, 2.05) is 4.68 Å². The lowest BCUT2D eigenvalue weighted by molar-refractivity contribution is 0.535. The van der Waals surface area contributed by atoms with E-state index in [-0.39, 0.29) is 0 Å². The SMILES string of the molecule is CC(C)c1ncnc2c1c(C(C)C)nn2C(C)C. The largest absolute Gasteiger partial charge is 0.244 e. The predicted octanol–water partition coefficient (Wildman–Crippen LogP) is 3.65. The van der Waals surface area contributed by atoms with E-state index in [1.54, 1.807) is 6.33 Å². The van der Waals surface area contributed by atoms with Gasteiger partial charge in [-0.3, -0.25) is 0 Å². The molecule has 0 aliphatic rings. The van der Waals surface area contributed by atoms with Crippen molar-refractivity contribution in [3.63, 3.8) is 0 Å². The molecule has 0 radical (unpaired) electrons.